The topological polar surface area (TPSA) is 88.1 Å². The van der Waals surface area contributed by atoms with Gasteiger partial charge in [-0.25, -0.2) is 0 Å². The Balaban J connectivity index is 1.18. The summed E-state index contributed by atoms with van der Waals surface area (Å²) in [5, 5.41) is 8.83. The van der Waals surface area contributed by atoms with Crippen LogP contribution in [0.25, 0.3) is 11.3 Å². The van der Waals surface area contributed by atoms with Gasteiger partial charge in [0.05, 0.1) is 5.69 Å². The summed E-state index contributed by atoms with van der Waals surface area (Å²) < 4.78 is 10.7. The fraction of sp³-hybridized carbons (Fsp3) is 0.357. The van der Waals surface area contributed by atoms with E-state index in [0.29, 0.717) is 43.2 Å². The van der Waals surface area contributed by atoms with Gasteiger partial charge in [-0.2, -0.15) is 0 Å². The van der Waals surface area contributed by atoms with Crippen LogP contribution in [0, 0.1) is 6.92 Å². The molecule has 192 valence electrons. The Kier molecular flexibility index (Phi) is 6.94. The summed E-state index contributed by atoms with van der Waals surface area (Å²) in [6, 6.07) is 17.1. The number of carbonyl (C=O) groups is 2. The second kappa shape index (κ2) is 10.5. The van der Waals surface area contributed by atoms with Gasteiger partial charge in [0.25, 0.3) is 5.91 Å². The largest absolute Gasteiger partial charge is 0.454 e. The maximum absolute atomic E-state index is 13.2. The number of hydrogen-bond acceptors (Lipinski definition) is 7. The molecule has 0 bridgehead atoms. The van der Waals surface area contributed by atoms with Crippen LogP contribution in [0.1, 0.15) is 29.8 Å². The number of piperazine rings is 1. The average Bonchev–Trinajstić information content (AvgIpc) is 3.40. The Labute approximate surface area is 216 Å². The van der Waals surface area contributed by atoms with Crippen molar-refractivity contribution < 1.29 is 19.1 Å². The van der Waals surface area contributed by atoms with Crippen molar-refractivity contribution in [2.24, 2.45) is 0 Å². The molecule has 1 fully saturated rings. The van der Waals surface area contributed by atoms with Gasteiger partial charge in [0, 0.05) is 43.3 Å². The van der Waals surface area contributed by atoms with Crippen molar-refractivity contribution in [3.8, 4) is 22.8 Å². The van der Waals surface area contributed by atoms with E-state index in [4.69, 9.17) is 9.47 Å². The zero-order valence-electron chi connectivity index (χ0n) is 21.4. The number of ether oxygens (including phenoxy) is 2. The lowest BCUT2D eigenvalue weighted by molar-refractivity contribution is -0.132. The SMILES string of the molecule is Cc1ccc(-c2ccc(N3CCN(C(=O)CN(C(=O)c4ccc5c(c4)OCO5)C(C)C)CC3)nn2)cc1. The molecule has 0 N–H and O–H groups in total. The lowest BCUT2D eigenvalue weighted by Gasteiger charge is -2.36. The maximum atomic E-state index is 13.2. The van der Waals surface area contributed by atoms with Gasteiger partial charge in [0.2, 0.25) is 12.7 Å². The maximum Gasteiger partial charge on any atom is 0.254 e. The van der Waals surface area contributed by atoms with Crippen molar-refractivity contribution in [1.29, 1.82) is 0 Å². The quantitative estimate of drug-likeness (QED) is 0.512. The normalized spacial score (nSPS) is 14.7. The van der Waals surface area contributed by atoms with E-state index >= 15 is 0 Å². The Hall–Kier alpha value is -4.14. The highest BCUT2D eigenvalue weighted by molar-refractivity contribution is 5.97. The molecule has 0 unspecified atom stereocenters. The fourth-order valence-electron chi connectivity index (χ4n) is 4.49. The molecule has 9 heteroatoms. The molecule has 2 amide bonds. The monoisotopic (exact) mass is 501 g/mol. The molecule has 0 aliphatic carbocycles. The highest BCUT2D eigenvalue weighted by Crippen LogP contribution is 2.33. The molecule has 2 aliphatic rings. The second-order valence-corrected chi connectivity index (χ2v) is 9.61. The van der Waals surface area contributed by atoms with Crippen LogP contribution in [0.3, 0.4) is 0 Å². The van der Waals surface area contributed by atoms with E-state index in [-0.39, 0.29) is 31.2 Å². The molecule has 1 aromatic heterocycles. The third kappa shape index (κ3) is 5.35. The summed E-state index contributed by atoms with van der Waals surface area (Å²) in [4.78, 5) is 31.9. The van der Waals surface area contributed by atoms with E-state index in [1.807, 2.05) is 43.0 Å². The zero-order valence-corrected chi connectivity index (χ0v) is 21.4. The van der Waals surface area contributed by atoms with Crippen molar-refractivity contribution in [3.63, 3.8) is 0 Å². The minimum Gasteiger partial charge on any atom is -0.454 e. The number of carbonyl (C=O) groups excluding carboxylic acids is 2. The molecule has 3 heterocycles. The number of anilines is 1. The molecule has 0 saturated carbocycles. The van der Waals surface area contributed by atoms with E-state index in [9.17, 15) is 9.59 Å². The number of benzene rings is 2. The van der Waals surface area contributed by atoms with Gasteiger partial charge in [0.15, 0.2) is 17.3 Å². The van der Waals surface area contributed by atoms with Gasteiger partial charge in [-0.3, -0.25) is 9.59 Å². The van der Waals surface area contributed by atoms with Crippen LogP contribution < -0.4 is 14.4 Å². The lowest BCUT2D eigenvalue weighted by Crippen LogP contribution is -2.53. The van der Waals surface area contributed by atoms with Crippen molar-refractivity contribution in [3.05, 3.63) is 65.7 Å². The summed E-state index contributed by atoms with van der Waals surface area (Å²) >= 11 is 0. The minimum atomic E-state index is -0.204. The standard InChI is InChI=1S/C28H31N5O4/c1-19(2)33(28(35)22-8-10-24-25(16-22)37-18-36-24)17-27(34)32-14-12-31(13-15-32)26-11-9-23(29-30-26)21-6-4-20(3)5-7-21/h4-11,16,19H,12-15,17-18H2,1-3H3. The van der Waals surface area contributed by atoms with E-state index in [2.05, 4.69) is 34.2 Å². The Morgan fingerprint density at radius 1 is 0.919 bits per heavy atom. The van der Waals surface area contributed by atoms with Gasteiger partial charge in [-0.1, -0.05) is 29.8 Å². The molecule has 2 aliphatic heterocycles. The van der Waals surface area contributed by atoms with E-state index in [1.165, 1.54) is 5.56 Å². The number of nitrogens with zero attached hydrogens (tertiary/aromatic N) is 5. The molecule has 37 heavy (non-hydrogen) atoms. The summed E-state index contributed by atoms with van der Waals surface area (Å²) in [5.74, 6) is 1.69. The first-order chi connectivity index (χ1) is 17.9. The number of fused-ring (bicyclic) bond motifs is 1. The van der Waals surface area contributed by atoms with Crippen LogP contribution in [-0.2, 0) is 4.79 Å². The molecular formula is C28H31N5O4. The Morgan fingerprint density at radius 3 is 2.32 bits per heavy atom. The van der Waals surface area contributed by atoms with E-state index in [1.54, 1.807) is 23.1 Å². The van der Waals surface area contributed by atoms with Crippen LogP contribution in [0.15, 0.2) is 54.6 Å². The number of rotatable bonds is 6. The molecule has 5 rings (SSSR count). The smallest absolute Gasteiger partial charge is 0.254 e. The molecular weight excluding hydrogens is 470 g/mol. The van der Waals surface area contributed by atoms with Crippen molar-refractivity contribution in [1.82, 2.24) is 20.0 Å². The third-order valence-electron chi connectivity index (χ3n) is 6.76. The van der Waals surface area contributed by atoms with Crippen molar-refractivity contribution >= 4 is 17.6 Å². The number of aromatic nitrogens is 2. The summed E-state index contributed by atoms with van der Waals surface area (Å²) in [6.07, 6.45) is 0. The summed E-state index contributed by atoms with van der Waals surface area (Å²) in [7, 11) is 0. The van der Waals surface area contributed by atoms with Crippen molar-refractivity contribution in [2.75, 3.05) is 44.4 Å². The van der Waals surface area contributed by atoms with Gasteiger partial charge >= 0.3 is 0 Å². The Bertz CT molecular complexity index is 1270. The molecule has 9 nitrogen and oxygen atoms in total. The summed E-state index contributed by atoms with van der Waals surface area (Å²) in [5.41, 5.74) is 3.54. The highest BCUT2D eigenvalue weighted by atomic mass is 16.7. The molecule has 1 saturated heterocycles. The summed E-state index contributed by atoms with van der Waals surface area (Å²) in [6.45, 7) is 8.48. The molecule has 0 radical (unpaired) electrons. The zero-order chi connectivity index (χ0) is 25.9. The predicted molar refractivity (Wildman–Crippen MR) is 140 cm³/mol. The number of hydrogen-bond donors (Lipinski definition) is 0. The van der Waals surface area contributed by atoms with Crippen LogP contribution in [0.2, 0.25) is 0 Å². The van der Waals surface area contributed by atoms with Gasteiger partial charge in [-0.15, -0.1) is 10.2 Å². The van der Waals surface area contributed by atoms with Crippen LogP contribution in [0.5, 0.6) is 11.5 Å². The van der Waals surface area contributed by atoms with Crippen LogP contribution >= 0.6 is 0 Å². The van der Waals surface area contributed by atoms with Crippen LogP contribution in [-0.4, -0.2) is 77.4 Å². The van der Waals surface area contributed by atoms with E-state index < -0.39 is 0 Å². The Morgan fingerprint density at radius 2 is 1.65 bits per heavy atom. The number of aryl methyl sites for hydroxylation is 1. The van der Waals surface area contributed by atoms with E-state index in [0.717, 1.165) is 17.1 Å². The first kappa shape index (κ1) is 24.5. The average molecular weight is 502 g/mol. The lowest BCUT2D eigenvalue weighted by atomic mass is 10.1. The van der Waals surface area contributed by atoms with Gasteiger partial charge in [-0.05, 0) is 51.1 Å². The van der Waals surface area contributed by atoms with Crippen LogP contribution in [0.4, 0.5) is 5.82 Å². The van der Waals surface area contributed by atoms with Crippen molar-refractivity contribution in [2.45, 2.75) is 26.8 Å². The fourth-order valence-corrected chi connectivity index (χ4v) is 4.49. The first-order valence-corrected chi connectivity index (χ1v) is 12.5. The molecule has 0 spiro atoms. The molecule has 2 aromatic carbocycles. The minimum absolute atomic E-state index is 0.0238. The third-order valence-corrected chi connectivity index (χ3v) is 6.76. The predicted octanol–water partition coefficient (Wildman–Crippen LogP) is 3.38. The number of amides is 2. The van der Waals surface area contributed by atoms with Gasteiger partial charge < -0.3 is 24.2 Å². The second-order valence-electron chi connectivity index (χ2n) is 9.61. The molecule has 0 atom stereocenters. The molecule has 3 aromatic rings. The first-order valence-electron chi connectivity index (χ1n) is 12.5. The highest BCUT2D eigenvalue weighted by Gasteiger charge is 2.28. The van der Waals surface area contributed by atoms with Gasteiger partial charge in [0.1, 0.15) is 6.54 Å².